The Morgan fingerprint density at radius 2 is 1.55 bits per heavy atom. The summed E-state index contributed by atoms with van der Waals surface area (Å²) in [7, 11) is -4.71. The topological polar surface area (TPSA) is 60.2 Å². The molecule has 2 N–H and O–H groups in total. The lowest BCUT2D eigenvalue weighted by molar-refractivity contribution is -0.143. The third-order valence-corrected chi connectivity index (χ3v) is 3.48. The van der Waals surface area contributed by atoms with E-state index in [4.69, 9.17) is 5.14 Å². The van der Waals surface area contributed by atoms with Crippen LogP contribution in [0.15, 0.2) is 17.0 Å². The summed E-state index contributed by atoms with van der Waals surface area (Å²) in [6, 6.07) is -0.00306. The van der Waals surface area contributed by atoms with Crippen LogP contribution in [0.1, 0.15) is 23.6 Å². The average Bonchev–Trinajstić information content (AvgIpc) is 2.23. The van der Waals surface area contributed by atoms with Crippen molar-refractivity contribution in [1.29, 1.82) is 0 Å². The Kier molecular flexibility index (Phi) is 4.12. The van der Waals surface area contributed by atoms with Crippen LogP contribution < -0.4 is 5.14 Å². The Hall–Kier alpha value is -1.29. The second-order valence-corrected chi connectivity index (χ2v) is 5.42. The number of alkyl halides is 6. The first-order valence-corrected chi connectivity index (χ1v) is 6.67. The molecule has 0 spiro atoms. The van der Waals surface area contributed by atoms with E-state index in [1.165, 1.54) is 6.92 Å². The molecule has 0 aliphatic heterocycles. The van der Waals surface area contributed by atoms with Gasteiger partial charge in [-0.2, -0.15) is 26.3 Å². The summed E-state index contributed by atoms with van der Waals surface area (Å²) in [4.78, 5) is -1.16. The van der Waals surface area contributed by atoms with Gasteiger partial charge in [0.1, 0.15) is 0 Å². The van der Waals surface area contributed by atoms with E-state index < -0.39 is 50.4 Å². The molecular formula is C10H9F6NO2S. The molecule has 0 fully saturated rings. The maximum atomic E-state index is 12.8. The molecule has 0 radical (unpaired) electrons. The summed E-state index contributed by atoms with van der Waals surface area (Å²) in [6.45, 7) is 1.19. The lowest BCUT2D eigenvalue weighted by Gasteiger charge is -2.18. The van der Waals surface area contributed by atoms with Gasteiger partial charge in [-0.3, -0.25) is 0 Å². The molecular weight excluding hydrogens is 312 g/mol. The summed E-state index contributed by atoms with van der Waals surface area (Å²) in [5.41, 5.74) is -4.15. The van der Waals surface area contributed by atoms with Crippen LogP contribution >= 0.6 is 0 Å². The van der Waals surface area contributed by atoms with E-state index in [0.29, 0.717) is 0 Å². The maximum Gasteiger partial charge on any atom is 0.416 e. The van der Waals surface area contributed by atoms with Crippen LogP contribution in [-0.2, 0) is 28.8 Å². The fourth-order valence-electron chi connectivity index (χ4n) is 1.68. The molecule has 1 aromatic rings. The van der Waals surface area contributed by atoms with Gasteiger partial charge < -0.3 is 0 Å². The van der Waals surface area contributed by atoms with Gasteiger partial charge in [-0.05, 0) is 24.1 Å². The number of rotatable bonds is 2. The number of hydrogen-bond acceptors (Lipinski definition) is 2. The first-order chi connectivity index (χ1) is 8.78. The van der Waals surface area contributed by atoms with Gasteiger partial charge in [-0.15, -0.1) is 0 Å². The molecule has 3 nitrogen and oxygen atoms in total. The Morgan fingerprint density at radius 1 is 1.05 bits per heavy atom. The molecule has 0 unspecified atom stereocenters. The highest BCUT2D eigenvalue weighted by molar-refractivity contribution is 7.89. The Balaban J connectivity index is 3.85. The van der Waals surface area contributed by atoms with Crippen molar-refractivity contribution in [2.75, 3.05) is 0 Å². The molecule has 10 heteroatoms. The van der Waals surface area contributed by atoms with Crippen LogP contribution in [-0.4, -0.2) is 8.42 Å². The molecule has 0 saturated carbocycles. The van der Waals surface area contributed by atoms with Crippen LogP contribution in [0, 0.1) is 0 Å². The molecule has 0 aliphatic carbocycles. The van der Waals surface area contributed by atoms with Gasteiger partial charge in [0.25, 0.3) is 0 Å². The van der Waals surface area contributed by atoms with Crippen LogP contribution in [0.3, 0.4) is 0 Å². The molecule has 114 valence electrons. The van der Waals surface area contributed by atoms with E-state index in [1.54, 1.807) is 0 Å². The van der Waals surface area contributed by atoms with E-state index in [0.717, 1.165) is 0 Å². The maximum absolute atomic E-state index is 12.8. The zero-order valence-corrected chi connectivity index (χ0v) is 10.7. The Labute approximate surface area is 110 Å². The molecule has 1 rings (SSSR count). The highest BCUT2D eigenvalue weighted by atomic mass is 32.2. The largest absolute Gasteiger partial charge is 0.416 e. The molecule has 0 aromatic heterocycles. The zero-order valence-electron chi connectivity index (χ0n) is 9.93. The smallest absolute Gasteiger partial charge is 0.225 e. The Bertz CT molecular complexity index is 618. The van der Waals surface area contributed by atoms with E-state index in [2.05, 4.69) is 0 Å². The molecule has 0 bridgehead atoms. The van der Waals surface area contributed by atoms with Crippen LogP contribution in [0.5, 0.6) is 0 Å². The van der Waals surface area contributed by atoms with Gasteiger partial charge >= 0.3 is 12.4 Å². The van der Waals surface area contributed by atoms with Crippen molar-refractivity contribution >= 4 is 10.0 Å². The van der Waals surface area contributed by atoms with E-state index in [1.807, 2.05) is 0 Å². The van der Waals surface area contributed by atoms with Crippen molar-refractivity contribution in [3.05, 3.63) is 28.8 Å². The van der Waals surface area contributed by atoms with Crippen molar-refractivity contribution in [2.24, 2.45) is 5.14 Å². The molecule has 0 atom stereocenters. The summed E-state index contributed by atoms with van der Waals surface area (Å²) >= 11 is 0. The third-order valence-electron chi connectivity index (χ3n) is 2.50. The van der Waals surface area contributed by atoms with Gasteiger partial charge in [-0.1, -0.05) is 6.92 Å². The van der Waals surface area contributed by atoms with Gasteiger partial charge in [0.15, 0.2) is 0 Å². The lowest BCUT2D eigenvalue weighted by atomic mass is 10.0. The van der Waals surface area contributed by atoms with E-state index >= 15 is 0 Å². The number of halogens is 6. The second-order valence-electron chi connectivity index (χ2n) is 3.89. The minimum absolute atomic E-state index is 0.114. The minimum atomic E-state index is -5.12. The highest BCUT2D eigenvalue weighted by Crippen LogP contribution is 2.40. The second kappa shape index (κ2) is 4.92. The predicted molar refractivity (Wildman–Crippen MR) is 57.2 cm³/mol. The Morgan fingerprint density at radius 3 is 1.85 bits per heavy atom. The number of benzene rings is 1. The summed E-state index contributed by atoms with van der Waals surface area (Å²) in [6.07, 6.45) is -10.7. The summed E-state index contributed by atoms with van der Waals surface area (Å²) < 4.78 is 98.4. The average molecular weight is 321 g/mol. The normalized spacial score (nSPS) is 13.6. The van der Waals surface area contributed by atoms with Gasteiger partial charge in [-0.25, -0.2) is 13.6 Å². The minimum Gasteiger partial charge on any atom is -0.225 e. The number of sulfonamides is 1. The molecule has 0 heterocycles. The van der Waals surface area contributed by atoms with Crippen LogP contribution in [0.4, 0.5) is 26.3 Å². The quantitative estimate of drug-likeness (QED) is 0.852. The summed E-state index contributed by atoms with van der Waals surface area (Å²) in [5.74, 6) is 0. The van der Waals surface area contributed by atoms with Crippen molar-refractivity contribution in [1.82, 2.24) is 0 Å². The van der Waals surface area contributed by atoms with Crippen molar-refractivity contribution < 1.29 is 34.8 Å². The molecule has 0 amide bonds. The first kappa shape index (κ1) is 16.8. The number of hydrogen-bond donors (Lipinski definition) is 1. The standard InChI is InChI=1S/C10H9F6NO2S/c1-2-6-7(10(14,15)16)3-5(9(11,12)13)4-8(6)20(17,18)19/h3-4H,2H2,1H3,(H2,17,18,19). The van der Waals surface area contributed by atoms with Crippen molar-refractivity contribution in [2.45, 2.75) is 30.6 Å². The van der Waals surface area contributed by atoms with Gasteiger partial charge in [0.05, 0.1) is 16.0 Å². The van der Waals surface area contributed by atoms with Gasteiger partial charge in [0.2, 0.25) is 10.0 Å². The fourth-order valence-corrected chi connectivity index (χ4v) is 2.57. The van der Waals surface area contributed by atoms with E-state index in [9.17, 15) is 34.8 Å². The lowest BCUT2D eigenvalue weighted by Crippen LogP contribution is -2.21. The number of primary sulfonamides is 1. The van der Waals surface area contributed by atoms with Gasteiger partial charge in [0, 0.05) is 0 Å². The van der Waals surface area contributed by atoms with Crippen molar-refractivity contribution in [3.8, 4) is 0 Å². The van der Waals surface area contributed by atoms with Crippen LogP contribution in [0.2, 0.25) is 0 Å². The molecule has 20 heavy (non-hydrogen) atoms. The molecule has 1 aromatic carbocycles. The number of nitrogens with two attached hydrogens (primary N) is 1. The monoisotopic (exact) mass is 321 g/mol. The highest BCUT2D eigenvalue weighted by Gasteiger charge is 2.40. The summed E-state index contributed by atoms with van der Waals surface area (Å²) in [5, 5.41) is 4.70. The third kappa shape index (κ3) is 3.42. The molecule has 0 aliphatic rings. The zero-order chi connectivity index (χ0) is 15.9. The molecule has 0 saturated heterocycles. The predicted octanol–water partition coefficient (Wildman–Crippen LogP) is 2.93. The van der Waals surface area contributed by atoms with E-state index in [-0.39, 0.29) is 12.1 Å². The first-order valence-electron chi connectivity index (χ1n) is 5.12. The SMILES string of the molecule is CCc1c(C(F)(F)F)cc(C(F)(F)F)cc1S(N)(=O)=O. The van der Waals surface area contributed by atoms with Crippen LogP contribution in [0.25, 0.3) is 0 Å². The van der Waals surface area contributed by atoms with Crippen molar-refractivity contribution in [3.63, 3.8) is 0 Å². The fraction of sp³-hybridized carbons (Fsp3) is 0.400.